The summed E-state index contributed by atoms with van der Waals surface area (Å²) in [6.45, 7) is 1.03. The smallest absolute Gasteiger partial charge is 0.252 e. The van der Waals surface area contributed by atoms with Gasteiger partial charge in [-0.15, -0.1) is 11.3 Å². The molecule has 7 heteroatoms. The Morgan fingerprint density at radius 1 is 1.25 bits per heavy atom. The van der Waals surface area contributed by atoms with Crippen LogP contribution in [0.25, 0.3) is 0 Å². The Morgan fingerprint density at radius 3 is 2.75 bits per heavy atom. The first-order valence-corrected chi connectivity index (χ1v) is 9.19. The topological polar surface area (TPSA) is 66.5 Å². The van der Waals surface area contributed by atoms with E-state index in [1.165, 1.54) is 11.3 Å². The number of rotatable bonds is 2. The summed E-state index contributed by atoms with van der Waals surface area (Å²) in [6, 6.07) is 3.41. The number of carbonyl (C=O) groups is 1. The van der Waals surface area contributed by atoms with Crippen LogP contribution in [0.3, 0.4) is 0 Å². The van der Waals surface area contributed by atoms with E-state index in [4.69, 9.17) is 0 Å². The third kappa shape index (κ3) is 2.49. The molecular formula is C13H18N2O3S2. The van der Waals surface area contributed by atoms with Gasteiger partial charge in [0.05, 0.1) is 0 Å². The van der Waals surface area contributed by atoms with Gasteiger partial charge >= 0.3 is 0 Å². The summed E-state index contributed by atoms with van der Waals surface area (Å²) in [6.07, 6.45) is 3.78. The van der Waals surface area contributed by atoms with E-state index in [-0.39, 0.29) is 11.4 Å². The van der Waals surface area contributed by atoms with Gasteiger partial charge < -0.3 is 5.32 Å². The highest BCUT2D eigenvalue weighted by molar-refractivity contribution is 7.91. The Balaban J connectivity index is 1.76. The molecule has 3 rings (SSSR count). The van der Waals surface area contributed by atoms with Gasteiger partial charge in [-0.2, -0.15) is 4.31 Å². The normalized spacial score (nSPS) is 28.5. The van der Waals surface area contributed by atoms with E-state index in [1.807, 2.05) is 0 Å². The average Bonchev–Trinajstić information content (AvgIpc) is 2.99. The fourth-order valence-corrected chi connectivity index (χ4v) is 5.72. The lowest BCUT2D eigenvalue weighted by Gasteiger charge is -2.27. The van der Waals surface area contributed by atoms with Crippen LogP contribution < -0.4 is 5.32 Å². The van der Waals surface area contributed by atoms with Crippen molar-refractivity contribution in [3.63, 3.8) is 0 Å². The summed E-state index contributed by atoms with van der Waals surface area (Å²) in [4.78, 5) is 11.5. The van der Waals surface area contributed by atoms with E-state index >= 15 is 0 Å². The largest absolute Gasteiger partial charge is 0.351 e. The lowest BCUT2D eigenvalue weighted by atomic mass is 9.89. The quantitative estimate of drug-likeness (QED) is 0.901. The highest BCUT2D eigenvalue weighted by atomic mass is 32.2. The molecule has 20 heavy (non-hydrogen) atoms. The molecule has 0 unspecified atom stereocenters. The van der Waals surface area contributed by atoms with E-state index in [1.54, 1.807) is 21.8 Å². The maximum absolute atomic E-state index is 12.5. The first-order chi connectivity index (χ1) is 9.52. The Morgan fingerprint density at radius 2 is 2.10 bits per heavy atom. The third-order valence-electron chi connectivity index (χ3n) is 4.23. The van der Waals surface area contributed by atoms with Gasteiger partial charge in [0.1, 0.15) is 4.21 Å². The van der Waals surface area contributed by atoms with Gasteiger partial charge in [-0.25, -0.2) is 8.42 Å². The van der Waals surface area contributed by atoms with Gasteiger partial charge in [-0.1, -0.05) is 6.07 Å². The Bertz CT molecular complexity index is 597. The summed E-state index contributed by atoms with van der Waals surface area (Å²) in [5.41, 5.74) is -0.170. The molecule has 1 aromatic rings. The van der Waals surface area contributed by atoms with Crippen LogP contribution in [0.2, 0.25) is 0 Å². The van der Waals surface area contributed by atoms with Gasteiger partial charge in [0.15, 0.2) is 0 Å². The summed E-state index contributed by atoms with van der Waals surface area (Å²) < 4.78 is 27.0. The maximum Gasteiger partial charge on any atom is 0.252 e. The molecule has 2 fully saturated rings. The van der Waals surface area contributed by atoms with Crippen molar-refractivity contribution in [2.75, 3.05) is 13.1 Å². The van der Waals surface area contributed by atoms with E-state index in [2.05, 4.69) is 5.32 Å². The molecule has 0 bridgehead atoms. The molecule has 2 aliphatic rings. The van der Waals surface area contributed by atoms with Crippen molar-refractivity contribution in [1.29, 1.82) is 0 Å². The standard InChI is InChI=1S/C13H18N2O3S2/c16-11-4-6-13(14-11)5-2-8-15(9-7-13)20(17,18)12-3-1-10-19-12/h1,3,10H,2,4-9H2,(H,14,16)/t13-/m1/s1. The van der Waals surface area contributed by atoms with Gasteiger partial charge in [-0.05, 0) is 37.1 Å². The number of amides is 1. The zero-order valence-corrected chi connectivity index (χ0v) is 12.8. The van der Waals surface area contributed by atoms with Crippen molar-refractivity contribution in [3.05, 3.63) is 17.5 Å². The number of thiophene rings is 1. The second-order valence-electron chi connectivity index (χ2n) is 5.52. The summed E-state index contributed by atoms with van der Waals surface area (Å²) in [5.74, 6) is 0.0968. The van der Waals surface area contributed by atoms with Gasteiger partial charge in [0.25, 0.3) is 10.0 Å². The fourth-order valence-electron chi connectivity index (χ4n) is 3.10. The van der Waals surface area contributed by atoms with Crippen LogP contribution in [-0.4, -0.2) is 37.3 Å². The third-order valence-corrected chi connectivity index (χ3v) is 7.50. The van der Waals surface area contributed by atoms with Crippen LogP contribution in [0.5, 0.6) is 0 Å². The van der Waals surface area contributed by atoms with Crippen LogP contribution in [-0.2, 0) is 14.8 Å². The predicted octanol–water partition coefficient (Wildman–Crippen LogP) is 1.57. The fraction of sp³-hybridized carbons (Fsp3) is 0.615. The minimum absolute atomic E-state index is 0.0968. The number of nitrogens with zero attached hydrogens (tertiary/aromatic N) is 1. The second kappa shape index (κ2) is 5.13. The zero-order chi connectivity index (χ0) is 14.2. The molecule has 0 radical (unpaired) electrons. The van der Waals surface area contributed by atoms with Crippen molar-refractivity contribution in [1.82, 2.24) is 9.62 Å². The van der Waals surface area contributed by atoms with Crippen molar-refractivity contribution >= 4 is 27.3 Å². The van der Waals surface area contributed by atoms with Crippen LogP contribution in [0.1, 0.15) is 32.1 Å². The van der Waals surface area contributed by atoms with Gasteiger partial charge in [0.2, 0.25) is 5.91 Å². The average molecular weight is 314 g/mol. The molecule has 1 N–H and O–H groups in total. The summed E-state index contributed by atoms with van der Waals surface area (Å²) >= 11 is 1.26. The molecule has 0 aliphatic carbocycles. The second-order valence-corrected chi connectivity index (χ2v) is 8.63. The van der Waals surface area contributed by atoms with E-state index in [9.17, 15) is 13.2 Å². The predicted molar refractivity (Wildman–Crippen MR) is 77.0 cm³/mol. The molecular weight excluding hydrogens is 296 g/mol. The maximum atomic E-state index is 12.5. The highest BCUT2D eigenvalue weighted by Gasteiger charge is 2.40. The van der Waals surface area contributed by atoms with E-state index in [0.29, 0.717) is 30.1 Å². The molecule has 1 amide bonds. The molecule has 0 saturated carbocycles. The van der Waals surface area contributed by atoms with Crippen molar-refractivity contribution in [3.8, 4) is 0 Å². The molecule has 1 atom stereocenters. The Kier molecular flexibility index (Phi) is 3.60. The van der Waals surface area contributed by atoms with Crippen LogP contribution in [0, 0.1) is 0 Å². The molecule has 2 aliphatic heterocycles. The van der Waals surface area contributed by atoms with E-state index < -0.39 is 10.0 Å². The lowest BCUT2D eigenvalue weighted by molar-refractivity contribution is -0.119. The van der Waals surface area contributed by atoms with Crippen molar-refractivity contribution < 1.29 is 13.2 Å². The molecule has 5 nitrogen and oxygen atoms in total. The number of nitrogens with one attached hydrogen (secondary N) is 1. The lowest BCUT2D eigenvalue weighted by Crippen LogP contribution is -2.42. The molecule has 3 heterocycles. The Hall–Kier alpha value is -0.920. The first-order valence-electron chi connectivity index (χ1n) is 6.87. The van der Waals surface area contributed by atoms with Gasteiger partial charge in [-0.3, -0.25) is 4.79 Å². The highest BCUT2D eigenvalue weighted by Crippen LogP contribution is 2.33. The number of hydrogen-bond acceptors (Lipinski definition) is 4. The molecule has 110 valence electrons. The molecule has 0 aromatic carbocycles. The minimum atomic E-state index is -3.36. The van der Waals surface area contributed by atoms with Crippen LogP contribution >= 0.6 is 11.3 Å². The van der Waals surface area contributed by atoms with Gasteiger partial charge in [0, 0.05) is 25.0 Å². The first kappa shape index (κ1) is 14.0. The van der Waals surface area contributed by atoms with Crippen LogP contribution in [0.4, 0.5) is 0 Å². The zero-order valence-electron chi connectivity index (χ0n) is 11.2. The van der Waals surface area contributed by atoms with E-state index in [0.717, 1.165) is 19.3 Å². The monoisotopic (exact) mass is 314 g/mol. The summed E-state index contributed by atoms with van der Waals surface area (Å²) in [5, 5.41) is 4.84. The SMILES string of the molecule is O=C1CC[C@@]2(CCCN(S(=O)(=O)c3cccs3)CC2)N1. The van der Waals surface area contributed by atoms with Crippen LogP contribution in [0.15, 0.2) is 21.7 Å². The minimum Gasteiger partial charge on any atom is -0.351 e. The Labute approximate surface area is 123 Å². The van der Waals surface area contributed by atoms with Crippen molar-refractivity contribution in [2.24, 2.45) is 0 Å². The molecule has 1 spiro atoms. The molecule has 1 aromatic heterocycles. The number of carbonyl (C=O) groups excluding carboxylic acids is 1. The number of sulfonamides is 1. The molecule has 2 saturated heterocycles. The number of hydrogen-bond donors (Lipinski definition) is 1. The van der Waals surface area contributed by atoms with Crippen molar-refractivity contribution in [2.45, 2.75) is 41.9 Å². The summed E-state index contributed by atoms with van der Waals surface area (Å²) in [7, 11) is -3.36.